The molecule has 0 radical (unpaired) electrons. The number of carbonyl (C=O) groups is 1. The van der Waals surface area contributed by atoms with Crippen LogP contribution in [0.3, 0.4) is 0 Å². The Morgan fingerprint density at radius 3 is 2.70 bits per heavy atom. The van der Waals surface area contributed by atoms with Gasteiger partial charge in [0, 0.05) is 44.1 Å². The van der Waals surface area contributed by atoms with Gasteiger partial charge in [-0.1, -0.05) is 18.2 Å². The Hall–Kier alpha value is -2.14. The van der Waals surface area contributed by atoms with Gasteiger partial charge in [0.15, 0.2) is 0 Å². The number of hydrogen-bond acceptors (Lipinski definition) is 3. The van der Waals surface area contributed by atoms with Crippen LogP contribution in [0.1, 0.15) is 34.6 Å². The summed E-state index contributed by atoms with van der Waals surface area (Å²) in [5, 5.41) is 3.18. The number of aryl methyl sites for hydroxylation is 2. The molecule has 23 heavy (non-hydrogen) atoms. The number of aromatic nitrogens is 2. The predicted molar refractivity (Wildman–Crippen MR) is 90.2 cm³/mol. The Labute approximate surface area is 137 Å². The average molecular weight is 312 g/mol. The number of nitrogens with zero attached hydrogens (tertiary/aromatic N) is 3. The van der Waals surface area contributed by atoms with E-state index in [0.717, 1.165) is 49.4 Å². The first kappa shape index (κ1) is 15.7. The van der Waals surface area contributed by atoms with E-state index in [-0.39, 0.29) is 11.9 Å². The molecule has 5 heteroatoms. The predicted octanol–water partition coefficient (Wildman–Crippen LogP) is 2.12. The lowest BCUT2D eigenvalue weighted by molar-refractivity contribution is 0.0907. The van der Waals surface area contributed by atoms with Crippen molar-refractivity contribution in [2.75, 3.05) is 13.1 Å². The van der Waals surface area contributed by atoms with Crippen molar-refractivity contribution in [3.63, 3.8) is 0 Å². The lowest BCUT2D eigenvalue weighted by atomic mass is 10.0. The number of benzene rings is 1. The number of imidazole rings is 1. The van der Waals surface area contributed by atoms with E-state index in [1.54, 1.807) is 0 Å². The van der Waals surface area contributed by atoms with Gasteiger partial charge in [0.2, 0.25) is 0 Å². The SMILES string of the molecule is Cc1ccccc1C(=O)NC1CCN(Cc2nccn2C)CC1. The third kappa shape index (κ3) is 3.79. The van der Waals surface area contributed by atoms with Crippen LogP contribution in [-0.4, -0.2) is 39.5 Å². The third-order valence-electron chi connectivity index (χ3n) is 4.60. The standard InChI is InChI=1S/C18H24N4O/c1-14-5-3-4-6-16(14)18(23)20-15-7-10-22(11-8-15)13-17-19-9-12-21(17)2/h3-6,9,12,15H,7-8,10-11,13H2,1-2H3,(H,20,23). The Morgan fingerprint density at radius 1 is 1.30 bits per heavy atom. The summed E-state index contributed by atoms with van der Waals surface area (Å²) in [6.45, 7) is 4.84. The summed E-state index contributed by atoms with van der Waals surface area (Å²) >= 11 is 0. The van der Waals surface area contributed by atoms with Gasteiger partial charge in [-0.15, -0.1) is 0 Å². The van der Waals surface area contributed by atoms with Gasteiger partial charge in [-0.3, -0.25) is 9.69 Å². The van der Waals surface area contributed by atoms with Crippen molar-refractivity contribution in [1.82, 2.24) is 19.8 Å². The fourth-order valence-corrected chi connectivity index (χ4v) is 3.08. The molecule has 122 valence electrons. The molecule has 1 fully saturated rings. The van der Waals surface area contributed by atoms with Crippen molar-refractivity contribution < 1.29 is 4.79 Å². The first-order chi connectivity index (χ1) is 11.1. The molecular weight excluding hydrogens is 288 g/mol. The zero-order valence-corrected chi connectivity index (χ0v) is 13.8. The molecule has 1 saturated heterocycles. The zero-order valence-electron chi connectivity index (χ0n) is 13.8. The van der Waals surface area contributed by atoms with Crippen molar-refractivity contribution >= 4 is 5.91 Å². The molecule has 1 amide bonds. The zero-order chi connectivity index (χ0) is 16.2. The van der Waals surface area contributed by atoms with Gasteiger partial charge < -0.3 is 9.88 Å². The molecule has 0 saturated carbocycles. The second-order valence-corrected chi connectivity index (χ2v) is 6.29. The molecule has 5 nitrogen and oxygen atoms in total. The summed E-state index contributed by atoms with van der Waals surface area (Å²) in [6.07, 6.45) is 5.79. The fraction of sp³-hybridized carbons (Fsp3) is 0.444. The van der Waals surface area contributed by atoms with Crippen LogP contribution in [0.2, 0.25) is 0 Å². The van der Waals surface area contributed by atoms with Crippen molar-refractivity contribution in [1.29, 1.82) is 0 Å². The Morgan fingerprint density at radius 2 is 2.04 bits per heavy atom. The van der Waals surface area contributed by atoms with Crippen LogP contribution in [0.5, 0.6) is 0 Å². The molecule has 2 aromatic rings. The lowest BCUT2D eigenvalue weighted by Gasteiger charge is -2.32. The smallest absolute Gasteiger partial charge is 0.251 e. The lowest BCUT2D eigenvalue weighted by Crippen LogP contribution is -2.44. The van der Waals surface area contributed by atoms with E-state index in [4.69, 9.17) is 0 Å². The Balaban J connectivity index is 1.50. The second kappa shape index (κ2) is 6.96. The van der Waals surface area contributed by atoms with Gasteiger partial charge in [-0.25, -0.2) is 4.98 Å². The van der Waals surface area contributed by atoms with Crippen LogP contribution >= 0.6 is 0 Å². The van der Waals surface area contributed by atoms with Crippen molar-refractivity contribution in [3.8, 4) is 0 Å². The van der Waals surface area contributed by atoms with Crippen LogP contribution in [-0.2, 0) is 13.6 Å². The van der Waals surface area contributed by atoms with E-state index in [2.05, 4.69) is 19.8 Å². The van der Waals surface area contributed by atoms with E-state index < -0.39 is 0 Å². The summed E-state index contributed by atoms with van der Waals surface area (Å²) < 4.78 is 2.06. The number of likely N-dealkylation sites (tertiary alicyclic amines) is 1. The number of hydrogen-bond donors (Lipinski definition) is 1. The summed E-state index contributed by atoms with van der Waals surface area (Å²) in [5.41, 5.74) is 1.81. The largest absolute Gasteiger partial charge is 0.349 e. The highest BCUT2D eigenvalue weighted by atomic mass is 16.1. The van der Waals surface area contributed by atoms with Crippen LogP contribution < -0.4 is 5.32 Å². The maximum atomic E-state index is 12.4. The monoisotopic (exact) mass is 312 g/mol. The molecule has 0 unspecified atom stereocenters. The highest BCUT2D eigenvalue weighted by Gasteiger charge is 2.22. The van der Waals surface area contributed by atoms with E-state index in [1.807, 2.05) is 50.6 Å². The van der Waals surface area contributed by atoms with Gasteiger partial charge >= 0.3 is 0 Å². The summed E-state index contributed by atoms with van der Waals surface area (Å²) in [5.74, 6) is 1.14. The topological polar surface area (TPSA) is 50.2 Å². The molecule has 1 N–H and O–H groups in total. The van der Waals surface area contributed by atoms with Gasteiger partial charge in [-0.2, -0.15) is 0 Å². The summed E-state index contributed by atoms with van der Waals surface area (Å²) in [6, 6.07) is 8.00. The number of rotatable bonds is 4. The van der Waals surface area contributed by atoms with Crippen molar-refractivity contribution in [2.45, 2.75) is 32.4 Å². The maximum absolute atomic E-state index is 12.4. The fourth-order valence-electron chi connectivity index (χ4n) is 3.08. The summed E-state index contributed by atoms with van der Waals surface area (Å²) in [7, 11) is 2.03. The minimum absolute atomic E-state index is 0.0469. The first-order valence-electron chi connectivity index (χ1n) is 8.18. The van der Waals surface area contributed by atoms with Crippen LogP contribution in [0, 0.1) is 6.92 Å². The maximum Gasteiger partial charge on any atom is 0.251 e. The molecule has 0 bridgehead atoms. The van der Waals surface area contributed by atoms with Crippen LogP contribution in [0.25, 0.3) is 0 Å². The average Bonchev–Trinajstić information content (AvgIpc) is 2.95. The van der Waals surface area contributed by atoms with Gasteiger partial charge in [0.05, 0.1) is 6.54 Å². The summed E-state index contributed by atoms with van der Waals surface area (Å²) in [4.78, 5) is 19.2. The van der Waals surface area contributed by atoms with Crippen LogP contribution in [0.4, 0.5) is 0 Å². The molecule has 0 spiro atoms. The molecular formula is C18H24N4O. The molecule has 0 atom stereocenters. The Bertz CT molecular complexity index is 671. The molecule has 0 aliphatic carbocycles. The number of piperidine rings is 1. The number of nitrogens with one attached hydrogen (secondary N) is 1. The minimum atomic E-state index is 0.0469. The molecule has 3 rings (SSSR count). The Kier molecular flexibility index (Phi) is 4.76. The highest BCUT2D eigenvalue weighted by Crippen LogP contribution is 2.14. The van der Waals surface area contributed by atoms with E-state index in [1.165, 1.54) is 0 Å². The quantitative estimate of drug-likeness (QED) is 0.941. The van der Waals surface area contributed by atoms with E-state index in [9.17, 15) is 4.79 Å². The van der Waals surface area contributed by atoms with Gasteiger partial charge in [0.1, 0.15) is 5.82 Å². The van der Waals surface area contributed by atoms with E-state index in [0.29, 0.717) is 0 Å². The van der Waals surface area contributed by atoms with Crippen molar-refractivity contribution in [3.05, 3.63) is 53.6 Å². The second-order valence-electron chi connectivity index (χ2n) is 6.29. The van der Waals surface area contributed by atoms with Gasteiger partial charge in [0.25, 0.3) is 5.91 Å². The molecule has 1 aromatic carbocycles. The first-order valence-corrected chi connectivity index (χ1v) is 8.18. The van der Waals surface area contributed by atoms with Crippen LogP contribution in [0.15, 0.2) is 36.7 Å². The van der Waals surface area contributed by atoms with Gasteiger partial charge in [-0.05, 0) is 31.4 Å². The third-order valence-corrected chi connectivity index (χ3v) is 4.60. The highest BCUT2D eigenvalue weighted by molar-refractivity contribution is 5.95. The molecule has 1 aliphatic heterocycles. The normalized spacial score (nSPS) is 16.4. The number of amides is 1. The van der Waals surface area contributed by atoms with E-state index >= 15 is 0 Å². The molecule has 1 aromatic heterocycles. The minimum Gasteiger partial charge on any atom is -0.349 e. The molecule has 2 heterocycles. The number of carbonyl (C=O) groups excluding carboxylic acids is 1. The molecule has 1 aliphatic rings. The van der Waals surface area contributed by atoms with Crippen molar-refractivity contribution in [2.24, 2.45) is 7.05 Å².